The zero-order valence-electron chi connectivity index (χ0n) is 9.50. The second-order valence-corrected chi connectivity index (χ2v) is 4.58. The highest BCUT2D eigenvalue weighted by atomic mass is 14.6. The summed E-state index contributed by atoms with van der Waals surface area (Å²) in [6.45, 7) is 2.98. The van der Waals surface area contributed by atoms with E-state index in [0.717, 1.165) is 13.0 Å². The molecule has 82 valence electrons. The number of hydrogen-bond acceptors (Lipinski definition) is 2. The van der Waals surface area contributed by atoms with Gasteiger partial charge in [-0.3, -0.25) is 4.98 Å². The lowest BCUT2D eigenvalue weighted by atomic mass is 9.77. The molecule has 1 aromatic rings. The Morgan fingerprint density at radius 2 is 2.13 bits per heavy atom. The van der Waals surface area contributed by atoms with E-state index >= 15 is 0 Å². The summed E-state index contributed by atoms with van der Waals surface area (Å²) in [5.74, 6) is 0. The molecule has 0 atom stereocenters. The summed E-state index contributed by atoms with van der Waals surface area (Å²) >= 11 is 0. The average molecular weight is 204 g/mol. The van der Waals surface area contributed by atoms with E-state index < -0.39 is 0 Å². The molecular formula is C13H20N2. The van der Waals surface area contributed by atoms with E-state index in [-0.39, 0.29) is 5.41 Å². The number of hydrogen-bond donors (Lipinski definition) is 1. The van der Waals surface area contributed by atoms with Crippen molar-refractivity contribution in [1.82, 2.24) is 4.98 Å². The Labute approximate surface area is 91.9 Å². The van der Waals surface area contributed by atoms with Crippen LogP contribution < -0.4 is 5.73 Å². The summed E-state index contributed by atoms with van der Waals surface area (Å²) in [4.78, 5) is 4.21. The van der Waals surface area contributed by atoms with Crippen molar-refractivity contribution in [3.63, 3.8) is 0 Å². The van der Waals surface area contributed by atoms with Crippen molar-refractivity contribution in [2.75, 3.05) is 6.54 Å². The van der Waals surface area contributed by atoms with Crippen LogP contribution in [0.5, 0.6) is 0 Å². The number of nitrogens with two attached hydrogens (primary N) is 1. The van der Waals surface area contributed by atoms with Gasteiger partial charge in [0.05, 0.1) is 0 Å². The molecule has 2 N–H and O–H groups in total. The fraction of sp³-hybridized carbons (Fsp3) is 0.615. The molecule has 1 aromatic heterocycles. The van der Waals surface area contributed by atoms with Crippen LogP contribution in [0.25, 0.3) is 0 Å². The van der Waals surface area contributed by atoms with Gasteiger partial charge < -0.3 is 5.73 Å². The first kappa shape index (κ1) is 10.6. The van der Waals surface area contributed by atoms with Crippen molar-refractivity contribution in [1.29, 1.82) is 0 Å². The van der Waals surface area contributed by atoms with E-state index in [1.165, 1.54) is 36.8 Å². The number of pyridine rings is 1. The predicted molar refractivity (Wildman–Crippen MR) is 62.8 cm³/mol. The Hall–Kier alpha value is -0.890. The highest BCUT2D eigenvalue weighted by Gasteiger charge is 2.35. The second kappa shape index (κ2) is 4.31. The van der Waals surface area contributed by atoms with Crippen LogP contribution in [0.4, 0.5) is 0 Å². The molecule has 0 aromatic carbocycles. The van der Waals surface area contributed by atoms with Gasteiger partial charge in [0.15, 0.2) is 0 Å². The minimum Gasteiger partial charge on any atom is -0.330 e. The maximum atomic E-state index is 6.00. The largest absolute Gasteiger partial charge is 0.330 e. The van der Waals surface area contributed by atoms with Gasteiger partial charge in [0.2, 0.25) is 0 Å². The van der Waals surface area contributed by atoms with Crippen molar-refractivity contribution in [3.8, 4) is 0 Å². The molecule has 0 saturated heterocycles. The summed E-state index contributed by atoms with van der Waals surface area (Å²) in [5.41, 5.74) is 9.10. The van der Waals surface area contributed by atoms with Crippen molar-refractivity contribution in [3.05, 3.63) is 29.6 Å². The number of rotatable bonds is 3. The van der Waals surface area contributed by atoms with Crippen molar-refractivity contribution in [2.24, 2.45) is 5.73 Å². The van der Waals surface area contributed by atoms with E-state index in [4.69, 9.17) is 5.73 Å². The zero-order valence-corrected chi connectivity index (χ0v) is 9.50. The van der Waals surface area contributed by atoms with Crippen molar-refractivity contribution >= 4 is 0 Å². The third-order valence-corrected chi connectivity index (χ3v) is 3.81. The van der Waals surface area contributed by atoms with E-state index in [1.807, 2.05) is 12.4 Å². The fourth-order valence-electron chi connectivity index (χ4n) is 2.86. The maximum Gasteiger partial charge on any atom is 0.0302 e. The van der Waals surface area contributed by atoms with Crippen LogP contribution in [0, 0.1) is 0 Å². The molecule has 15 heavy (non-hydrogen) atoms. The lowest BCUT2D eigenvalue weighted by Gasteiger charge is -2.29. The molecular weight excluding hydrogens is 184 g/mol. The molecule has 0 aliphatic heterocycles. The molecule has 0 bridgehead atoms. The first-order valence-corrected chi connectivity index (χ1v) is 5.96. The zero-order chi connectivity index (χ0) is 10.7. The predicted octanol–water partition coefficient (Wildman–Crippen LogP) is 2.41. The monoisotopic (exact) mass is 204 g/mol. The Bertz CT molecular complexity index is 327. The standard InChI is InChI=1S/C13H20N2/c1-2-11-9-15-8-5-12(11)13(10-14)6-3-4-7-13/h5,8-9H,2-4,6-7,10,14H2,1H3. The highest BCUT2D eigenvalue weighted by Crippen LogP contribution is 2.41. The van der Waals surface area contributed by atoms with Gasteiger partial charge in [-0.25, -0.2) is 0 Å². The summed E-state index contributed by atoms with van der Waals surface area (Å²) in [5, 5.41) is 0. The van der Waals surface area contributed by atoms with E-state index in [2.05, 4.69) is 18.0 Å². The quantitative estimate of drug-likeness (QED) is 0.821. The van der Waals surface area contributed by atoms with Crippen molar-refractivity contribution < 1.29 is 0 Å². The molecule has 0 spiro atoms. The van der Waals surface area contributed by atoms with Crippen LogP contribution in [0.1, 0.15) is 43.7 Å². The van der Waals surface area contributed by atoms with E-state index in [0.29, 0.717) is 0 Å². The Morgan fingerprint density at radius 1 is 1.40 bits per heavy atom. The van der Waals surface area contributed by atoms with Gasteiger partial charge >= 0.3 is 0 Å². The molecule has 1 aliphatic rings. The van der Waals surface area contributed by atoms with Gasteiger partial charge in [0.25, 0.3) is 0 Å². The molecule has 0 radical (unpaired) electrons. The molecule has 1 saturated carbocycles. The molecule has 1 fully saturated rings. The van der Waals surface area contributed by atoms with Crippen LogP contribution in [-0.2, 0) is 11.8 Å². The van der Waals surface area contributed by atoms with Crippen LogP contribution in [0.15, 0.2) is 18.5 Å². The van der Waals surface area contributed by atoms with Crippen LogP contribution in [0.3, 0.4) is 0 Å². The molecule has 2 heteroatoms. The summed E-state index contributed by atoms with van der Waals surface area (Å²) in [6.07, 6.45) is 10.1. The van der Waals surface area contributed by atoms with Gasteiger partial charge in [-0.15, -0.1) is 0 Å². The summed E-state index contributed by atoms with van der Waals surface area (Å²) < 4.78 is 0. The summed E-state index contributed by atoms with van der Waals surface area (Å²) in [7, 11) is 0. The van der Waals surface area contributed by atoms with Gasteiger partial charge in [0, 0.05) is 24.4 Å². The van der Waals surface area contributed by atoms with Gasteiger partial charge in [0.1, 0.15) is 0 Å². The van der Waals surface area contributed by atoms with E-state index in [9.17, 15) is 0 Å². The molecule has 2 rings (SSSR count). The molecule has 1 aliphatic carbocycles. The van der Waals surface area contributed by atoms with Gasteiger partial charge in [-0.05, 0) is 36.5 Å². The third-order valence-electron chi connectivity index (χ3n) is 3.81. The summed E-state index contributed by atoms with van der Waals surface area (Å²) in [6, 6.07) is 2.18. The number of nitrogens with zero attached hydrogens (tertiary/aromatic N) is 1. The molecule has 0 amide bonds. The molecule has 2 nitrogen and oxygen atoms in total. The van der Waals surface area contributed by atoms with Gasteiger partial charge in [-0.1, -0.05) is 19.8 Å². The average Bonchev–Trinajstić information content (AvgIpc) is 2.79. The number of aryl methyl sites for hydroxylation is 1. The molecule has 1 heterocycles. The normalized spacial score (nSPS) is 19.3. The smallest absolute Gasteiger partial charge is 0.0302 e. The lowest BCUT2D eigenvalue weighted by Crippen LogP contribution is -2.33. The first-order valence-electron chi connectivity index (χ1n) is 5.96. The second-order valence-electron chi connectivity index (χ2n) is 4.58. The van der Waals surface area contributed by atoms with E-state index in [1.54, 1.807) is 0 Å². The Kier molecular flexibility index (Phi) is 3.06. The minimum atomic E-state index is 0.258. The molecule has 0 unspecified atom stereocenters. The number of aromatic nitrogens is 1. The fourth-order valence-corrected chi connectivity index (χ4v) is 2.86. The van der Waals surface area contributed by atoms with Gasteiger partial charge in [-0.2, -0.15) is 0 Å². The maximum absolute atomic E-state index is 6.00. The Morgan fingerprint density at radius 3 is 2.73 bits per heavy atom. The Balaban J connectivity index is 2.41. The minimum absolute atomic E-state index is 0.258. The first-order chi connectivity index (χ1) is 7.32. The van der Waals surface area contributed by atoms with Crippen LogP contribution in [-0.4, -0.2) is 11.5 Å². The third kappa shape index (κ3) is 1.78. The van der Waals surface area contributed by atoms with Crippen LogP contribution in [0.2, 0.25) is 0 Å². The van der Waals surface area contributed by atoms with Crippen molar-refractivity contribution in [2.45, 2.75) is 44.4 Å². The SMILES string of the molecule is CCc1cnccc1C1(CN)CCCC1. The highest BCUT2D eigenvalue weighted by molar-refractivity contribution is 5.33. The topological polar surface area (TPSA) is 38.9 Å². The lowest BCUT2D eigenvalue weighted by molar-refractivity contribution is 0.448. The van der Waals surface area contributed by atoms with Crippen LogP contribution >= 0.6 is 0 Å².